The molecule has 0 bridgehead atoms. The van der Waals surface area contributed by atoms with Gasteiger partial charge in [0, 0.05) is 11.8 Å². The zero-order valence-corrected chi connectivity index (χ0v) is 9.01. The molecular weight excluding hydrogens is 206 g/mol. The smallest absolute Gasteiger partial charge is 0.0907 e. The molecule has 0 spiro atoms. The lowest BCUT2D eigenvalue weighted by molar-refractivity contribution is 1.10. The number of hydrogen-bond acceptors (Lipinski definition) is 3. The van der Waals surface area contributed by atoms with Crippen molar-refractivity contribution in [1.29, 1.82) is 0 Å². The summed E-state index contributed by atoms with van der Waals surface area (Å²) in [6, 6.07) is 8.25. The molecule has 4 heteroatoms. The third kappa shape index (κ3) is 1.43. The van der Waals surface area contributed by atoms with E-state index in [1.54, 1.807) is 17.5 Å². The lowest BCUT2D eigenvalue weighted by atomic mass is 10.1. The molecule has 0 atom stereocenters. The van der Waals surface area contributed by atoms with E-state index in [1.165, 1.54) is 4.70 Å². The van der Waals surface area contributed by atoms with Crippen molar-refractivity contribution >= 4 is 21.6 Å². The van der Waals surface area contributed by atoms with Crippen LogP contribution in [0.15, 0.2) is 30.5 Å². The number of aromatic nitrogens is 3. The molecule has 0 fully saturated rings. The number of benzene rings is 1. The molecule has 0 unspecified atom stereocenters. The van der Waals surface area contributed by atoms with Crippen molar-refractivity contribution < 1.29 is 0 Å². The largest absolute Gasteiger partial charge is 0.278 e. The quantitative estimate of drug-likeness (QED) is 0.678. The molecule has 1 N–H and O–H groups in total. The predicted octanol–water partition coefficient (Wildman–Crippen LogP) is 2.99. The number of rotatable bonds is 1. The molecule has 3 aromatic rings. The van der Waals surface area contributed by atoms with Crippen LogP contribution in [-0.2, 0) is 0 Å². The molecule has 15 heavy (non-hydrogen) atoms. The summed E-state index contributed by atoms with van der Waals surface area (Å²) in [5, 5.41) is 8.00. The highest BCUT2D eigenvalue weighted by molar-refractivity contribution is 7.18. The summed E-state index contributed by atoms with van der Waals surface area (Å²) in [4.78, 5) is 4.47. The van der Waals surface area contributed by atoms with Crippen LogP contribution in [-0.4, -0.2) is 15.2 Å². The zero-order valence-electron chi connectivity index (χ0n) is 8.19. The molecule has 2 heterocycles. The summed E-state index contributed by atoms with van der Waals surface area (Å²) >= 11 is 1.72. The van der Waals surface area contributed by atoms with Gasteiger partial charge in [0.05, 0.1) is 20.9 Å². The summed E-state index contributed by atoms with van der Waals surface area (Å²) < 4.78 is 1.23. The van der Waals surface area contributed by atoms with Gasteiger partial charge in [-0.2, -0.15) is 5.10 Å². The first-order chi connectivity index (χ1) is 7.33. The van der Waals surface area contributed by atoms with Crippen molar-refractivity contribution in [3.63, 3.8) is 0 Å². The van der Waals surface area contributed by atoms with Gasteiger partial charge in [-0.1, -0.05) is 6.07 Å². The van der Waals surface area contributed by atoms with Crippen molar-refractivity contribution in [2.45, 2.75) is 6.92 Å². The number of aromatic amines is 1. The second kappa shape index (κ2) is 3.17. The maximum absolute atomic E-state index is 4.47. The Labute approximate surface area is 90.8 Å². The standard InChI is InChI=1S/C11H9N3S/c1-7-13-10-6-8(2-3-11(10)15-7)9-4-5-12-14-9/h2-6H,1H3,(H,12,14). The Kier molecular flexibility index (Phi) is 1.82. The van der Waals surface area contributed by atoms with Crippen LogP contribution in [0.5, 0.6) is 0 Å². The van der Waals surface area contributed by atoms with Crippen LogP contribution in [0.1, 0.15) is 5.01 Å². The molecule has 0 saturated heterocycles. The van der Waals surface area contributed by atoms with E-state index in [4.69, 9.17) is 0 Å². The molecule has 2 aromatic heterocycles. The molecule has 0 amide bonds. The van der Waals surface area contributed by atoms with E-state index in [2.05, 4.69) is 33.4 Å². The summed E-state index contributed by atoms with van der Waals surface area (Å²) in [5.74, 6) is 0. The van der Waals surface area contributed by atoms with Crippen molar-refractivity contribution in [2.24, 2.45) is 0 Å². The monoisotopic (exact) mass is 215 g/mol. The Morgan fingerprint density at radius 3 is 3.00 bits per heavy atom. The van der Waals surface area contributed by atoms with Crippen molar-refractivity contribution in [3.8, 4) is 11.3 Å². The van der Waals surface area contributed by atoms with Crippen LogP contribution in [0.3, 0.4) is 0 Å². The Morgan fingerprint density at radius 1 is 1.27 bits per heavy atom. The first kappa shape index (κ1) is 8.61. The Morgan fingerprint density at radius 2 is 2.20 bits per heavy atom. The van der Waals surface area contributed by atoms with Crippen molar-refractivity contribution in [2.75, 3.05) is 0 Å². The second-order valence-electron chi connectivity index (χ2n) is 3.39. The Balaban J connectivity index is 2.21. The van der Waals surface area contributed by atoms with Crippen LogP contribution in [0.4, 0.5) is 0 Å². The lowest BCUT2D eigenvalue weighted by Crippen LogP contribution is -1.78. The van der Waals surface area contributed by atoms with Gasteiger partial charge in [-0.3, -0.25) is 5.10 Å². The topological polar surface area (TPSA) is 41.6 Å². The van der Waals surface area contributed by atoms with Crippen LogP contribution in [0.2, 0.25) is 0 Å². The number of nitrogens with zero attached hydrogens (tertiary/aromatic N) is 2. The van der Waals surface area contributed by atoms with Crippen LogP contribution in [0, 0.1) is 6.92 Å². The van der Waals surface area contributed by atoms with Gasteiger partial charge >= 0.3 is 0 Å². The number of hydrogen-bond donors (Lipinski definition) is 1. The van der Waals surface area contributed by atoms with Gasteiger partial charge in [-0.05, 0) is 25.1 Å². The van der Waals surface area contributed by atoms with Crippen LogP contribution >= 0.6 is 11.3 Å². The van der Waals surface area contributed by atoms with Gasteiger partial charge in [0.15, 0.2) is 0 Å². The number of nitrogens with one attached hydrogen (secondary N) is 1. The van der Waals surface area contributed by atoms with Gasteiger partial charge in [0.1, 0.15) is 0 Å². The molecule has 0 saturated carbocycles. The lowest BCUT2D eigenvalue weighted by Gasteiger charge is -1.95. The van der Waals surface area contributed by atoms with E-state index >= 15 is 0 Å². The first-order valence-electron chi connectivity index (χ1n) is 4.70. The number of thiazole rings is 1. The molecule has 3 nitrogen and oxygen atoms in total. The molecule has 0 aliphatic carbocycles. The summed E-state index contributed by atoms with van der Waals surface area (Å²) in [6.45, 7) is 2.03. The van der Waals surface area contributed by atoms with Gasteiger partial charge in [0.2, 0.25) is 0 Å². The molecule has 1 aromatic carbocycles. The average molecular weight is 215 g/mol. The minimum Gasteiger partial charge on any atom is -0.278 e. The SMILES string of the molecule is Cc1nc2cc(-c3ccn[nH]3)ccc2s1. The van der Waals surface area contributed by atoms with Crippen LogP contribution < -0.4 is 0 Å². The Bertz CT molecular complexity index is 595. The maximum Gasteiger partial charge on any atom is 0.0907 e. The normalized spacial score (nSPS) is 11.0. The predicted molar refractivity (Wildman–Crippen MR) is 61.9 cm³/mol. The van der Waals surface area contributed by atoms with E-state index in [-0.39, 0.29) is 0 Å². The van der Waals surface area contributed by atoms with E-state index in [1.807, 2.05) is 13.0 Å². The molecule has 3 rings (SSSR count). The van der Waals surface area contributed by atoms with Crippen LogP contribution in [0.25, 0.3) is 21.5 Å². The van der Waals surface area contributed by atoms with E-state index in [0.29, 0.717) is 0 Å². The van der Waals surface area contributed by atoms with Gasteiger partial charge in [0.25, 0.3) is 0 Å². The highest BCUT2D eigenvalue weighted by atomic mass is 32.1. The first-order valence-corrected chi connectivity index (χ1v) is 5.51. The average Bonchev–Trinajstić information content (AvgIpc) is 2.82. The zero-order chi connectivity index (χ0) is 10.3. The summed E-state index contributed by atoms with van der Waals surface area (Å²) in [6.07, 6.45) is 1.76. The second-order valence-corrected chi connectivity index (χ2v) is 4.62. The molecule has 0 aliphatic rings. The minimum absolute atomic E-state index is 1.03. The molecular formula is C11H9N3S. The third-order valence-electron chi connectivity index (χ3n) is 2.31. The highest BCUT2D eigenvalue weighted by Crippen LogP contribution is 2.26. The van der Waals surface area contributed by atoms with E-state index in [0.717, 1.165) is 21.8 Å². The van der Waals surface area contributed by atoms with Crippen molar-refractivity contribution in [3.05, 3.63) is 35.5 Å². The number of aryl methyl sites for hydroxylation is 1. The fourth-order valence-corrected chi connectivity index (χ4v) is 2.43. The minimum atomic E-state index is 1.03. The van der Waals surface area contributed by atoms with E-state index in [9.17, 15) is 0 Å². The maximum atomic E-state index is 4.47. The number of fused-ring (bicyclic) bond motifs is 1. The Hall–Kier alpha value is -1.68. The molecule has 74 valence electrons. The molecule has 0 aliphatic heterocycles. The summed E-state index contributed by atoms with van der Waals surface area (Å²) in [7, 11) is 0. The third-order valence-corrected chi connectivity index (χ3v) is 3.26. The van der Waals surface area contributed by atoms with Crippen molar-refractivity contribution in [1.82, 2.24) is 15.2 Å². The molecule has 0 radical (unpaired) electrons. The van der Waals surface area contributed by atoms with E-state index < -0.39 is 0 Å². The fraction of sp³-hybridized carbons (Fsp3) is 0.0909. The van der Waals surface area contributed by atoms with Gasteiger partial charge < -0.3 is 0 Å². The fourth-order valence-electron chi connectivity index (χ4n) is 1.63. The van der Waals surface area contributed by atoms with Gasteiger partial charge in [-0.25, -0.2) is 4.98 Å². The highest BCUT2D eigenvalue weighted by Gasteiger charge is 2.03. The van der Waals surface area contributed by atoms with Gasteiger partial charge in [-0.15, -0.1) is 11.3 Å². The number of H-pyrrole nitrogens is 1. The summed E-state index contributed by atoms with van der Waals surface area (Å²) in [5.41, 5.74) is 3.22.